The van der Waals surface area contributed by atoms with E-state index in [1.54, 1.807) is 0 Å². The van der Waals surface area contributed by atoms with E-state index in [2.05, 4.69) is 5.32 Å². The standard InChI is InChI=1S/C14H27NO3/c1-5-11(14(17)9-7-6-8-10-14)15-12(16)18-13(2,3)4/h11,17H,5-10H2,1-4H3,(H,15,16)/t11-/m1/s1. The van der Waals surface area contributed by atoms with Gasteiger partial charge in [-0.1, -0.05) is 26.2 Å². The Morgan fingerprint density at radius 2 is 1.89 bits per heavy atom. The molecule has 1 fully saturated rings. The lowest BCUT2D eigenvalue weighted by molar-refractivity contribution is -0.0352. The highest BCUT2D eigenvalue weighted by molar-refractivity contribution is 5.68. The molecule has 0 unspecified atom stereocenters. The van der Waals surface area contributed by atoms with Gasteiger partial charge in [0.1, 0.15) is 5.60 Å². The van der Waals surface area contributed by atoms with Crippen molar-refractivity contribution in [2.75, 3.05) is 0 Å². The van der Waals surface area contributed by atoms with Crippen LogP contribution in [0.1, 0.15) is 66.2 Å². The number of carbonyl (C=O) groups excluding carboxylic acids is 1. The molecule has 1 rings (SSSR count). The quantitative estimate of drug-likeness (QED) is 0.817. The van der Waals surface area contributed by atoms with Crippen molar-refractivity contribution in [3.05, 3.63) is 0 Å². The van der Waals surface area contributed by atoms with Crippen molar-refractivity contribution in [2.24, 2.45) is 0 Å². The first-order chi connectivity index (χ1) is 8.27. The van der Waals surface area contributed by atoms with E-state index < -0.39 is 17.3 Å². The SMILES string of the molecule is CC[C@@H](NC(=O)OC(C)(C)C)C1(O)CCCCC1. The molecule has 2 N–H and O–H groups in total. The van der Waals surface area contributed by atoms with E-state index >= 15 is 0 Å². The van der Waals surface area contributed by atoms with Gasteiger partial charge in [-0.05, 0) is 40.0 Å². The summed E-state index contributed by atoms with van der Waals surface area (Å²) in [7, 11) is 0. The lowest BCUT2D eigenvalue weighted by atomic mass is 9.78. The largest absolute Gasteiger partial charge is 0.444 e. The second-order valence-corrected chi connectivity index (χ2v) is 6.27. The molecule has 106 valence electrons. The second kappa shape index (κ2) is 5.91. The molecule has 0 aromatic heterocycles. The Bertz CT molecular complexity index is 277. The number of aliphatic hydroxyl groups is 1. The maximum Gasteiger partial charge on any atom is 0.407 e. The number of rotatable bonds is 3. The van der Waals surface area contributed by atoms with Crippen LogP contribution in [0.15, 0.2) is 0 Å². The van der Waals surface area contributed by atoms with Gasteiger partial charge in [-0.3, -0.25) is 0 Å². The Kier molecular flexibility index (Phi) is 5.02. The van der Waals surface area contributed by atoms with Crippen molar-refractivity contribution in [2.45, 2.75) is 83.5 Å². The van der Waals surface area contributed by atoms with E-state index in [1.807, 2.05) is 27.7 Å². The normalized spacial score (nSPS) is 21.2. The molecule has 0 radical (unpaired) electrons. The van der Waals surface area contributed by atoms with Gasteiger partial charge >= 0.3 is 6.09 Å². The smallest absolute Gasteiger partial charge is 0.407 e. The van der Waals surface area contributed by atoms with Crippen LogP contribution in [0, 0.1) is 0 Å². The van der Waals surface area contributed by atoms with Crippen LogP contribution in [0.25, 0.3) is 0 Å². The first kappa shape index (κ1) is 15.3. The summed E-state index contributed by atoms with van der Waals surface area (Å²) in [6.45, 7) is 7.49. The first-order valence-electron chi connectivity index (χ1n) is 6.99. The maximum atomic E-state index is 11.8. The van der Waals surface area contributed by atoms with Crippen molar-refractivity contribution in [1.82, 2.24) is 5.32 Å². The lowest BCUT2D eigenvalue weighted by Gasteiger charge is -2.39. The Hall–Kier alpha value is -0.770. The summed E-state index contributed by atoms with van der Waals surface area (Å²) in [5, 5.41) is 13.4. The molecule has 1 saturated carbocycles. The molecule has 1 aliphatic carbocycles. The molecule has 0 aromatic carbocycles. The minimum absolute atomic E-state index is 0.215. The molecular formula is C14H27NO3. The van der Waals surface area contributed by atoms with E-state index in [4.69, 9.17) is 4.74 Å². The van der Waals surface area contributed by atoms with Crippen molar-refractivity contribution in [3.63, 3.8) is 0 Å². The summed E-state index contributed by atoms with van der Waals surface area (Å²) in [6.07, 6.45) is 5.04. The average Bonchev–Trinajstić information content (AvgIpc) is 2.24. The van der Waals surface area contributed by atoms with Gasteiger partial charge in [-0.25, -0.2) is 4.79 Å². The van der Waals surface area contributed by atoms with Crippen LogP contribution in [-0.2, 0) is 4.74 Å². The molecule has 0 saturated heterocycles. The Balaban J connectivity index is 2.58. The molecule has 4 heteroatoms. The average molecular weight is 257 g/mol. The minimum Gasteiger partial charge on any atom is -0.444 e. The van der Waals surface area contributed by atoms with E-state index in [0.29, 0.717) is 0 Å². The number of ether oxygens (including phenoxy) is 1. The fraction of sp³-hybridized carbons (Fsp3) is 0.929. The summed E-state index contributed by atoms with van der Waals surface area (Å²) in [5.74, 6) is 0. The van der Waals surface area contributed by atoms with Crippen LogP contribution in [0.4, 0.5) is 4.79 Å². The number of amides is 1. The fourth-order valence-corrected chi connectivity index (χ4v) is 2.58. The Morgan fingerprint density at radius 3 is 2.33 bits per heavy atom. The van der Waals surface area contributed by atoms with Gasteiger partial charge in [0.15, 0.2) is 0 Å². The van der Waals surface area contributed by atoms with Gasteiger partial charge < -0.3 is 15.2 Å². The molecule has 1 aliphatic rings. The topological polar surface area (TPSA) is 58.6 Å². The Labute approximate surface area is 110 Å². The molecule has 0 aromatic rings. The summed E-state index contributed by atoms with van der Waals surface area (Å²) < 4.78 is 5.24. The summed E-state index contributed by atoms with van der Waals surface area (Å²) in [6, 6.07) is -0.215. The van der Waals surface area contributed by atoms with Gasteiger partial charge in [-0.2, -0.15) is 0 Å². The number of hydrogen-bond acceptors (Lipinski definition) is 3. The van der Waals surface area contributed by atoms with Crippen LogP contribution < -0.4 is 5.32 Å². The fourth-order valence-electron chi connectivity index (χ4n) is 2.58. The van der Waals surface area contributed by atoms with E-state index in [-0.39, 0.29) is 6.04 Å². The van der Waals surface area contributed by atoms with E-state index in [9.17, 15) is 9.90 Å². The lowest BCUT2D eigenvalue weighted by Crippen LogP contribution is -2.54. The third kappa shape index (κ3) is 4.48. The third-order valence-electron chi connectivity index (χ3n) is 3.47. The van der Waals surface area contributed by atoms with Gasteiger partial charge in [0, 0.05) is 0 Å². The summed E-state index contributed by atoms with van der Waals surface area (Å²) in [4.78, 5) is 11.8. The minimum atomic E-state index is -0.760. The van der Waals surface area contributed by atoms with Crippen LogP contribution in [0.5, 0.6) is 0 Å². The summed E-state index contributed by atoms with van der Waals surface area (Å²) >= 11 is 0. The molecule has 0 heterocycles. The van der Waals surface area contributed by atoms with Crippen LogP contribution in [-0.4, -0.2) is 28.4 Å². The van der Waals surface area contributed by atoms with E-state index in [1.165, 1.54) is 6.42 Å². The number of nitrogens with one attached hydrogen (secondary N) is 1. The van der Waals surface area contributed by atoms with Crippen molar-refractivity contribution < 1.29 is 14.6 Å². The summed E-state index contributed by atoms with van der Waals surface area (Å²) in [5.41, 5.74) is -1.26. The first-order valence-corrected chi connectivity index (χ1v) is 6.99. The molecule has 4 nitrogen and oxygen atoms in total. The highest BCUT2D eigenvalue weighted by Crippen LogP contribution is 2.32. The van der Waals surface area contributed by atoms with E-state index in [0.717, 1.165) is 32.1 Å². The zero-order chi connectivity index (χ0) is 13.8. The zero-order valence-corrected chi connectivity index (χ0v) is 12.1. The molecule has 18 heavy (non-hydrogen) atoms. The van der Waals surface area contributed by atoms with Gasteiger partial charge in [0.25, 0.3) is 0 Å². The Morgan fingerprint density at radius 1 is 1.33 bits per heavy atom. The number of carbonyl (C=O) groups is 1. The van der Waals surface area contributed by atoms with Gasteiger partial charge in [0.2, 0.25) is 0 Å². The molecule has 1 amide bonds. The van der Waals surface area contributed by atoms with Crippen LogP contribution in [0.3, 0.4) is 0 Å². The molecule has 0 aliphatic heterocycles. The van der Waals surface area contributed by atoms with Crippen LogP contribution >= 0.6 is 0 Å². The second-order valence-electron chi connectivity index (χ2n) is 6.27. The van der Waals surface area contributed by atoms with Gasteiger partial charge in [0.05, 0.1) is 11.6 Å². The highest BCUT2D eigenvalue weighted by Gasteiger charge is 2.38. The molecule has 0 spiro atoms. The monoisotopic (exact) mass is 257 g/mol. The predicted molar refractivity (Wildman–Crippen MR) is 71.5 cm³/mol. The van der Waals surface area contributed by atoms with Crippen molar-refractivity contribution in [3.8, 4) is 0 Å². The number of hydrogen-bond donors (Lipinski definition) is 2. The molecular weight excluding hydrogens is 230 g/mol. The highest BCUT2D eigenvalue weighted by atomic mass is 16.6. The van der Waals surface area contributed by atoms with Gasteiger partial charge in [-0.15, -0.1) is 0 Å². The maximum absolute atomic E-state index is 11.8. The third-order valence-corrected chi connectivity index (χ3v) is 3.47. The predicted octanol–water partition coefficient (Wildman–Crippen LogP) is 2.98. The van der Waals surface area contributed by atoms with Crippen molar-refractivity contribution in [1.29, 1.82) is 0 Å². The van der Waals surface area contributed by atoms with Crippen molar-refractivity contribution >= 4 is 6.09 Å². The molecule has 0 bridgehead atoms. The number of alkyl carbamates (subject to hydrolysis) is 1. The zero-order valence-electron chi connectivity index (χ0n) is 12.1. The molecule has 1 atom stereocenters. The van der Waals surface area contributed by atoms with Crippen LogP contribution in [0.2, 0.25) is 0 Å².